The molecule has 296 valence electrons. The van der Waals surface area contributed by atoms with Gasteiger partial charge in [0, 0.05) is 50.0 Å². The average molecular weight is 798 g/mol. The lowest BCUT2D eigenvalue weighted by molar-refractivity contribution is 0.382. The van der Waals surface area contributed by atoms with Crippen molar-refractivity contribution >= 4 is 43.6 Å². The highest BCUT2D eigenvalue weighted by atomic mass is 15.0. The Bertz CT molecular complexity index is 3310. The number of hydrogen-bond donors (Lipinski definition) is 0. The lowest BCUT2D eigenvalue weighted by atomic mass is 9.77. The molecule has 1 aliphatic carbocycles. The Hall–Kier alpha value is -7.63. The van der Waals surface area contributed by atoms with Crippen LogP contribution in [0.25, 0.3) is 88.9 Å². The monoisotopic (exact) mass is 797 g/mol. The number of benzene rings is 8. The molecule has 5 heteroatoms. The highest BCUT2D eigenvalue weighted by Gasteiger charge is 2.28. The number of rotatable bonds is 7. The van der Waals surface area contributed by atoms with Gasteiger partial charge in [-0.1, -0.05) is 158 Å². The van der Waals surface area contributed by atoms with Crippen LogP contribution in [0.4, 0.5) is 0 Å². The van der Waals surface area contributed by atoms with Gasteiger partial charge in [0.05, 0.1) is 22.1 Å². The number of hydrogen-bond acceptors (Lipinski definition) is 3. The van der Waals surface area contributed by atoms with Gasteiger partial charge >= 0.3 is 0 Å². The van der Waals surface area contributed by atoms with E-state index in [1.807, 2.05) is 36.4 Å². The first-order chi connectivity index (χ1) is 30.7. The largest absolute Gasteiger partial charge is 0.309 e. The molecule has 2 atom stereocenters. The van der Waals surface area contributed by atoms with E-state index in [0.29, 0.717) is 5.92 Å². The Kier molecular flexibility index (Phi) is 8.84. The summed E-state index contributed by atoms with van der Waals surface area (Å²) in [6.45, 7) is 0. The second kappa shape index (κ2) is 15.1. The first kappa shape index (κ1) is 36.2. The maximum atomic E-state index is 5.13. The summed E-state index contributed by atoms with van der Waals surface area (Å²) < 4.78 is 4.84. The highest BCUT2D eigenvalue weighted by molar-refractivity contribution is 6.11. The molecule has 8 aromatic carbocycles. The van der Waals surface area contributed by atoms with Crippen molar-refractivity contribution < 1.29 is 0 Å². The first-order valence-corrected chi connectivity index (χ1v) is 21.8. The van der Waals surface area contributed by atoms with Gasteiger partial charge in [0.25, 0.3) is 0 Å². The molecule has 0 bridgehead atoms. The van der Waals surface area contributed by atoms with Crippen LogP contribution >= 0.6 is 0 Å². The fraction of sp³-hybridized carbons (Fsp3) is 0.105. The molecule has 0 radical (unpaired) electrons. The standard InChI is InChI=1S/C57H43N5/c1-3-15-39(16-4-1)55-58-56(40-17-5-2-6-18-40)60-57(59-55)44-21-13-19-41(35-44)38-29-32-45(33-30-38)61-51-26-10-9-25-49(51)50-34-31-43(37-54(50)61)42-20-14-22-46(36-42)62-52-27-11-7-23-47(52)48-24-8-12-28-53(48)62/h1-12,14-18,20,22-34,36-37,41,44H,13,19,21,35H2. The minimum absolute atomic E-state index is 0.255. The summed E-state index contributed by atoms with van der Waals surface area (Å²) >= 11 is 0. The van der Waals surface area contributed by atoms with Crippen LogP contribution < -0.4 is 0 Å². The van der Waals surface area contributed by atoms with Gasteiger partial charge in [0.2, 0.25) is 0 Å². The predicted octanol–water partition coefficient (Wildman–Crippen LogP) is 14.5. The van der Waals surface area contributed by atoms with E-state index in [1.165, 1.54) is 66.0 Å². The SMILES string of the molecule is c1ccc(-c2nc(-c3ccccc3)nc(C3CCCC(c4ccc(-n5c6ccccc6c6ccc(-c7cccc(-n8c9ccccc9c9ccccc98)c7)cc65)cc4)C3)n2)cc1. The number of nitrogens with zero attached hydrogens (tertiary/aromatic N) is 5. The van der Waals surface area contributed by atoms with Crippen LogP contribution in [-0.4, -0.2) is 24.1 Å². The number of aromatic nitrogens is 5. The van der Waals surface area contributed by atoms with Gasteiger partial charge in [-0.2, -0.15) is 0 Å². The Balaban J connectivity index is 0.886. The molecule has 2 unspecified atom stereocenters. The molecule has 1 saturated carbocycles. The molecular weight excluding hydrogens is 755 g/mol. The molecule has 3 aromatic heterocycles. The van der Waals surface area contributed by atoms with Crippen molar-refractivity contribution in [1.82, 2.24) is 24.1 Å². The summed E-state index contributed by atoms with van der Waals surface area (Å²) in [5.41, 5.74) is 13.0. The van der Waals surface area contributed by atoms with Crippen molar-refractivity contribution in [3.05, 3.63) is 212 Å². The lowest BCUT2D eigenvalue weighted by Crippen LogP contribution is -2.16. The molecule has 3 heterocycles. The van der Waals surface area contributed by atoms with Gasteiger partial charge in [-0.15, -0.1) is 0 Å². The zero-order valence-electron chi connectivity index (χ0n) is 34.3. The fourth-order valence-electron chi connectivity index (χ4n) is 10.1. The normalized spacial score (nSPS) is 15.5. The van der Waals surface area contributed by atoms with Crippen LogP contribution in [0.15, 0.2) is 200 Å². The predicted molar refractivity (Wildman–Crippen MR) is 255 cm³/mol. The van der Waals surface area contributed by atoms with Crippen LogP contribution in [0.1, 0.15) is 48.9 Å². The molecule has 1 fully saturated rings. The van der Waals surface area contributed by atoms with Crippen molar-refractivity contribution in [2.45, 2.75) is 37.5 Å². The van der Waals surface area contributed by atoms with E-state index in [0.717, 1.165) is 60.0 Å². The van der Waals surface area contributed by atoms with Gasteiger partial charge in [0.15, 0.2) is 11.6 Å². The molecular formula is C57H43N5. The van der Waals surface area contributed by atoms with E-state index in [9.17, 15) is 0 Å². The smallest absolute Gasteiger partial charge is 0.163 e. The Labute approximate surface area is 360 Å². The molecule has 0 aliphatic heterocycles. The molecule has 0 amide bonds. The van der Waals surface area contributed by atoms with Crippen molar-refractivity contribution in [2.24, 2.45) is 0 Å². The van der Waals surface area contributed by atoms with Crippen molar-refractivity contribution in [2.75, 3.05) is 0 Å². The van der Waals surface area contributed by atoms with E-state index in [1.54, 1.807) is 0 Å². The first-order valence-electron chi connectivity index (χ1n) is 21.8. The zero-order chi connectivity index (χ0) is 41.0. The molecule has 62 heavy (non-hydrogen) atoms. The summed E-state index contributed by atoms with van der Waals surface area (Å²) in [5.74, 6) is 3.06. The summed E-state index contributed by atoms with van der Waals surface area (Å²) in [6, 6.07) is 72.2. The maximum absolute atomic E-state index is 5.13. The summed E-state index contributed by atoms with van der Waals surface area (Å²) in [4.78, 5) is 15.2. The lowest BCUT2D eigenvalue weighted by Gasteiger charge is -2.29. The highest BCUT2D eigenvalue weighted by Crippen LogP contribution is 2.42. The van der Waals surface area contributed by atoms with Gasteiger partial charge in [-0.05, 0) is 90.4 Å². The summed E-state index contributed by atoms with van der Waals surface area (Å²) in [7, 11) is 0. The summed E-state index contributed by atoms with van der Waals surface area (Å²) in [6.07, 6.45) is 4.38. The van der Waals surface area contributed by atoms with E-state index < -0.39 is 0 Å². The van der Waals surface area contributed by atoms with Gasteiger partial charge in [-0.25, -0.2) is 15.0 Å². The number of fused-ring (bicyclic) bond motifs is 6. The third-order valence-electron chi connectivity index (χ3n) is 13.1. The average Bonchev–Trinajstić information content (AvgIpc) is 3.87. The Morgan fingerprint density at radius 2 is 0.855 bits per heavy atom. The van der Waals surface area contributed by atoms with Gasteiger partial charge in [0.1, 0.15) is 5.82 Å². The van der Waals surface area contributed by atoms with E-state index in [-0.39, 0.29) is 5.92 Å². The van der Waals surface area contributed by atoms with Crippen LogP contribution in [0.3, 0.4) is 0 Å². The van der Waals surface area contributed by atoms with Crippen LogP contribution in [0, 0.1) is 0 Å². The van der Waals surface area contributed by atoms with E-state index in [2.05, 4.69) is 173 Å². The Morgan fingerprint density at radius 1 is 0.355 bits per heavy atom. The van der Waals surface area contributed by atoms with E-state index in [4.69, 9.17) is 15.0 Å². The second-order valence-electron chi connectivity index (χ2n) is 16.7. The van der Waals surface area contributed by atoms with Crippen LogP contribution in [0.2, 0.25) is 0 Å². The quantitative estimate of drug-likeness (QED) is 0.161. The molecule has 0 N–H and O–H groups in total. The van der Waals surface area contributed by atoms with Gasteiger partial charge < -0.3 is 9.13 Å². The minimum atomic E-state index is 0.255. The fourth-order valence-corrected chi connectivity index (χ4v) is 10.1. The van der Waals surface area contributed by atoms with Crippen molar-refractivity contribution in [1.29, 1.82) is 0 Å². The van der Waals surface area contributed by atoms with Crippen LogP contribution in [-0.2, 0) is 0 Å². The summed E-state index contributed by atoms with van der Waals surface area (Å²) in [5, 5.41) is 5.05. The minimum Gasteiger partial charge on any atom is -0.309 e. The third kappa shape index (κ3) is 6.28. The third-order valence-corrected chi connectivity index (χ3v) is 13.1. The topological polar surface area (TPSA) is 48.5 Å². The van der Waals surface area contributed by atoms with Crippen molar-refractivity contribution in [3.63, 3.8) is 0 Å². The zero-order valence-corrected chi connectivity index (χ0v) is 34.3. The Morgan fingerprint density at radius 3 is 1.47 bits per heavy atom. The molecule has 1 aliphatic rings. The molecule has 12 rings (SSSR count). The van der Waals surface area contributed by atoms with Gasteiger partial charge in [-0.3, -0.25) is 0 Å². The van der Waals surface area contributed by atoms with Crippen LogP contribution in [0.5, 0.6) is 0 Å². The number of para-hydroxylation sites is 3. The molecule has 0 spiro atoms. The second-order valence-corrected chi connectivity index (χ2v) is 16.7. The molecule has 11 aromatic rings. The van der Waals surface area contributed by atoms with Crippen molar-refractivity contribution in [3.8, 4) is 45.3 Å². The maximum Gasteiger partial charge on any atom is 0.163 e. The van der Waals surface area contributed by atoms with E-state index >= 15 is 0 Å². The molecule has 0 saturated heterocycles. The molecule has 5 nitrogen and oxygen atoms in total.